The molecule has 0 unspecified atom stereocenters. The fourth-order valence-electron chi connectivity index (χ4n) is 1.18. The zero-order valence-electron chi connectivity index (χ0n) is 10.4. The Labute approximate surface area is 155 Å². The molecule has 2 nitrogen and oxygen atoms in total. The SMILES string of the molecule is Clc1cnc(Cl)c(C(Cl)Cl)c1.FC(F)c1cc(Cl)cnc1Cl. The fourth-order valence-corrected chi connectivity index (χ4v) is 2.36. The Morgan fingerprint density at radius 3 is 1.50 bits per heavy atom. The summed E-state index contributed by atoms with van der Waals surface area (Å²) in [6.45, 7) is 0. The van der Waals surface area contributed by atoms with E-state index in [1.165, 1.54) is 12.4 Å². The summed E-state index contributed by atoms with van der Waals surface area (Å²) in [5.74, 6) is 0. The van der Waals surface area contributed by atoms with Crippen LogP contribution in [0, 0.1) is 0 Å². The van der Waals surface area contributed by atoms with Gasteiger partial charge in [-0.3, -0.25) is 0 Å². The monoisotopic (exact) mass is 426 g/mol. The van der Waals surface area contributed by atoms with Crippen molar-refractivity contribution >= 4 is 69.6 Å². The van der Waals surface area contributed by atoms with Gasteiger partial charge in [0.15, 0.2) is 0 Å². The highest BCUT2D eigenvalue weighted by Crippen LogP contribution is 2.31. The third-order valence-electron chi connectivity index (χ3n) is 2.14. The molecule has 120 valence electrons. The van der Waals surface area contributed by atoms with E-state index in [1.54, 1.807) is 6.07 Å². The number of rotatable bonds is 2. The number of aromatic nitrogens is 2. The Balaban J connectivity index is 0.000000220. The number of nitrogens with zero attached hydrogens (tertiary/aromatic N) is 2. The van der Waals surface area contributed by atoms with Crippen LogP contribution in [-0.2, 0) is 0 Å². The third kappa shape index (κ3) is 6.19. The van der Waals surface area contributed by atoms with Gasteiger partial charge in [-0.05, 0) is 12.1 Å². The Morgan fingerprint density at radius 2 is 1.18 bits per heavy atom. The first-order chi connectivity index (χ1) is 10.2. The smallest absolute Gasteiger partial charge is 0.243 e. The van der Waals surface area contributed by atoms with Crippen LogP contribution in [0.4, 0.5) is 8.78 Å². The summed E-state index contributed by atoms with van der Waals surface area (Å²) < 4.78 is 24.0. The average molecular weight is 429 g/mol. The van der Waals surface area contributed by atoms with Gasteiger partial charge in [-0.15, -0.1) is 0 Å². The molecule has 0 aliphatic heterocycles. The molecular formula is C12H6Cl6F2N2. The number of hydrogen-bond donors (Lipinski definition) is 0. The van der Waals surface area contributed by atoms with Crippen LogP contribution in [0.5, 0.6) is 0 Å². The Kier molecular flexibility index (Phi) is 8.39. The van der Waals surface area contributed by atoms with E-state index in [9.17, 15) is 8.78 Å². The summed E-state index contributed by atoms with van der Waals surface area (Å²) in [4.78, 5) is 6.53. The maximum atomic E-state index is 12.0. The maximum absolute atomic E-state index is 12.0. The molecule has 2 aromatic rings. The van der Waals surface area contributed by atoms with Crippen molar-refractivity contribution in [1.29, 1.82) is 0 Å². The summed E-state index contributed by atoms with van der Waals surface area (Å²) in [5.41, 5.74) is 0.196. The molecule has 2 rings (SSSR count). The molecule has 10 heteroatoms. The van der Waals surface area contributed by atoms with E-state index in [1.807, 2.05) is 0 Å². The van der Waals surface area contributed by atoms with Crippen molar-refractivity contribution in [1.82, 2.24) is 9.97 Å². The maximum Gasteiger partial charge on any atom is 0.266 e. The highest BCUT2D eigenvalue weighted by molar-refractivity contribution is 6.45. The van der Waals surface area contributed by atoms with Crippen LogP contribution in [0.2, 0.25) is 20.4 Å². The van der Waals surface area contributed by atoms with Crippen LogP contribution in [0.1, 0.15) is 22.4 Å². The van der Waals surface area contributed by atoms with E-state index >= 15 is 0 Å². The summed E-state index contributed by atoms with van der Waals surface area (Å²) >= 11 is 33.1. The molecule has 22 heavy (non-hydrogen) atoms. The Bertz CT molecular complexity index is 584. The predicted molar refractivity (Wildman–Crippen MR) is 87.9 cm³/mol. The minimum absolute atomic E-state index is 0.157. The second-order valence-electron chi connectivity index (χ2n) is 3.67. The molecule has 0 amide bonds. The van der Waals surface area contributed by atoms with Crippen molar-refractivity contribution in [3.05, 3.63) is 56.0 Å². The average Bonchev–Trinajstić information content (AvgIpc) is 2.44. The molecule has 0 aliphatic carbocycles. The van der Waals surface area contributed by atoms with Gasteiger partial charge in [-0.1, -0.05) is 69.6 Å². The van der Waals surface area contributed by atoms with E-state index in [0.717, 1.165) is 6.07 Å². The van der Waals surface area contributed by atoms with Gasteiger partial charge in [0.1, 0.15) is 15.1 Å². The van der Waals surface area contributed by atoms with E-state index in [-0.39, 0.29) is 20.9 Å². The van der Waals surface area contributed by atoms with E-state index in [4.69, 9.17) is 69.6 Å². The highest BCUT2D eigenvalue weighted by Gasteiger charge is 2.12. The summed E-state index contributed by atoms with van der Waals surface area (Å²) in [6, 6.07) is 2.68. The summed E-state index contributed by atoms with van der Waals surface area (Å²) in [7, 11) is 0. The topological polar surface area (TPSA) is 25.8 Å². The minimum atomic E-state index is -2.63. The lowest BCUT2D eigenvalue weighted by Crippen LogP contribution is -1.88. The lowest BCUT2D eigenvalue weighted by Gasteiger charge is -2.02. The molecule has 0 aromatic carbocycles. The lowest BCUT2D eigenvalue weighted by molar-refractivity contribution is 0.151. The van der Waals surface area contributed by atoms with Gasteiger partial charge >= 0.3 is 0 Å². The van der Waals surface area contributed by atoms with Crippen molar-refractivity contribution in [2.75, 3.05) is 0 Å². The zero-order valence-corrected chi connectivity index (χ0v) is 14.9. The van der Waals surface area contributed by atoms with E-state index in [2.05, 4.69) is 9.97 Å². The van der Waals surface area contributed by atoms with Crippen LogP contribution in [0.25, 0.3) is 0 Å². The van der Waals surface area contributed by atoms with Gasteiger partial charge in [0, 0.05) is 18.0 Å². The number of hydrogen-bond acceptors (Lipinski definition) is 2. The molecule has 2 heterocycles. The zero-order chi connectivity index (χ0) is 16.9. The van der Waals surface area contributed by atoms with Gasteiger partial charge in [0.05, 0.1) is 15.6 Å². The highest BCUT2D eigenvalue weighted by atomic mass is 35.5. The third-order valence-corrected chi connectivity index (χ3v) is 3.65. The second-order valence-corrected chi connectivity index (χ2v) is 6.35. The van der Waals surface area contributed by atoms with Crippen molar-refractivity contribution in [2.45, 2.75) is 11.3 Å². The van der Waals surface area contributed by atoms with Crippen LogP contribution < -0.4 is 0 Å². The van der Waals surface area contributed by atoms with Crippen molar-refractivity contribution in [3.63, 3.8) is 0 Å². The van der Waals surface area contributed by atoms with Crippen LogP contribution in [0.15, 0.2) is 24.5 Å². The molecule has 0 radical (unpaired) electrons. The van der Waals surface area contributed by atoms with Gasteiger partial charge < -0.3 is 0 Å². The molecule has 0 fully saturated rings. The van der Waals surface area contributed by atoms with Gasteiger partial charge in [0.25, 0.3) is 6.43 Å². The van der Waals surface area contributed by atoms with E-state index in [0.29, 0.717) is 10.6 Å². The van der Waals surface area contributed by atoms with Gasteiger partial charge in [0.2, 0.25) is 0 Å². The molecule has 0 saturated carbocycles. The molecule has 0 atom stereocenters. The lowest BCUT2D eigenvalue weighted by atomic mass is 10.3. The minimum Gasteiger partial charge on any atom is -0.243 e. The molecule has 0 spiro atoms. The first-order valence-electron chi connectivity index (χ1n) is 5.40. The van der Waals surface area contributed by atoms with Crippen LogP contribution in [-0.4, -0.2) is 9.97 Å². The predicted octanol–water partition coefficient (Wildman–Crippen LogP) is 7.19. The second kappa shape index (κ2) is 9.26. The van der Waals surface area contributed by atoms with Crippen LogP contribution >= 0.6 is 69.6 Å². The number of alkyl halides is 4. The Hall–Kier alpha value is -0.100. The van der Waals surface area contributed by atoms with Crippen molar-refractivity contribution in [2.24, 2.45) is 0 Å². The first-order valence-corrected chi connectivity index (χ1v) is 7.79. The molecule has 0 saturated heterocycles. The van der Waals surface area contributed by atoms with Crippen LogP contribution in [0.3, 0.4) is 0 Å². The largest absolute Gasteiger partial charge is 0.266 e. The fraction of sp³-hybridized carbons (Fsp3) is 0.167. The van der Waals surface area contributed by atoms with Crippen molar-refractivity contribution < 1.29 is 8.78 Å². The molecule has 2 aromatic heterocycles. The molecule has 0 bridgehead atoms. The van der Waals surface area contributed by atoms with Gasteiger partial charge in [-0.2, -0.15) is 0 Å². The molecule has 0 N–H and O–H groups in total. The normalized spacial score (nSPS) is 10.6. The van der Waals surface area contributed by atoms with E-state index < -0.39 is 11.3 Å². The number of pyridine rings is 2. The number of halogens is 8. The quantitative estimate of drug-likeness (QED) is 0.373. The van der Waals surface area contributed by atoms with Crippen molar-refractivity contribution in [3.8, 4) is 0 Å². The van der Waals surface area contributed by atoms with Gasteiger partial charge in [-0.25, -0.2) is 18.7 Å². The Morgan fingerprint density at radius 1 is 0.773 bits per heavy atom. The first kappa shape index (κ1) is 19.9. The summed E-state index contributed by atoms with van der Waals surface area (Å²) in [6.07, 6.45) is 0.0213. The summed E-state index contributed by atoms with van der Waals surface area (Å²) in [5, 5.41) is 0.703. The molecule has 0 aliphatic rings. The standard InChI is InChI=1S/C6H3Cl4N.C6H3Cl2F2N/c7-3-1-4(5(8)9)6(10)11-2-3;7-3-1-4(6(9)10)5(8)11-2-3/h1-2,5H;1-2,6H. The molecular weight excluding hydrogens is 423 g/mol.